The number of carboxylic acid groups (broad SMARTS) is 1. The number of nitrogens with one attached hydrogen (secondary N) is 1. The number of ether oxygens (including phenoxy) is 1. The van der Waals surface area contributed by atoms with Crippen molar-refractivity contribution < 1.29 is 19.4 Å². The van der Waals surface area contributed by atoms with E-state index in [0.29, 0.717) is 6.42 Å². The summed E-state index contributed by atoms with van der Waals surface area (Å²) >= 11 is 0. The third-order valence-electron chi connectivity index (χ3n) is 2.79. The van der Waals surface area contributed by atoms with Crippen molar-refractivity contribution in [2.24, 2.45) is 0 Å². The number of hydrogen-bond acceptors (Lipinski definition) is 3. The molecule has 120 valence electrons. The zero-order valence-corrected chi connectivity index (χ0v) is 13.4. The van der Waals surface area contributed by atoms with Crippen molar-refractivity contribution in [1.29, 1.82) is 0 Å². The summed E-state index contributed by atoms with van der Waals surface area (Å²) < 4.78 is 5.22. The molecule has 5 heteroatoms. The Morgan fingerprint density at radius 2 is 1.86 bits per heavy atom. The quantitative estimate of drug-likeness (QED) is 0.819. The summed E-state index contributed by atoms with van der Waals surface area (Å²) in [6.07, 6.45) is 1.45. The van der Waals surface area contributed by atoms with Gasteiger partial charge in [-0.2, -0.15) is 0 Å². The number of aliphatic carboxylic acids is 1. The zero-order chi connectivity index (χ0) is 16.8. The highest BCUT2D eigenvalue weighted by Crippen LogP contribution is 2.10. The monoisotopic (exact) mass is 305 g/mol. The standard InChI is InChI=1S/C17H23NO4/c1-12(15(19)20)10-14(11-13-8-6-5-7-9-13)18-16(21)22-17(2,3)4/h5-10,14H,11H2,1-4H3,(H,18,21)(H,19,20). The van der Waals surface area contributed by atoms with Crippen LogP contribution in [0, 0.1) is 0 Å². The third-order valence-corrected chi connectivity index (χ3v) is 2.79. The molecule has 0 aliphatic heterocycles. The lowest BCUT2D eigenvalue weighted by atomic mass is 10.0. The van der Waals surface area contributed by atoms with Crippen LogP contribution in [0.4, 0.5) is 4.79 Å². The summed E-state index contributed by atoms with van der Waals surface area (Å²) in [4.78, 5) is 22.9. The second-order valence-electron chi connectivity index (χ2n) is 6.10. The van der Waals surface area contributed by atoms with Gasteiger partial charge in [0.05, 0.1) is 6.04 Å². The predicted octanol–water partition coefficient (Wildman–Crippen LogP) is 3.15. The van der Waals surface area contributed by atoms with Crippen molar-refractivity contribution in [3.63, 3.8) is 0 Å². The molecule has 0 aromatic heterocycles. The fourth-order valence-corrected chi connectivity index (χ4v) is 1.85. The van der Waals surface area contributed by atoms with Gasteiger partial charge in [0.25, 0.3) is 0 Å². The Labute approximate surface area is 131 Å². The highest BCUT2D eigenvalue weighted by Gasteiger charge is 2.19. The maximum atomic E-state index is 11.9. The van der Waals surface area contributed by atoms with Gasteiger partial charge in [-0.05, 0) is 39.7 Å². The molecule has 1 aromatic rings. The molecule has 0 saturated heterocycles. The number of carboxylic acids is 1. The summed E-state index contributed by atoms with van der Waals surface area (Å²) in [5.74, 6) is -1.01. The molecule has 0 saturated carbocycles. The SMILES string of the molecule is CC(=CC(Cc1ccccc1)NC(=O)OC(C)(C)C)C(=O)O. The lowest BCUT2D eigenvalue weighted by Gasteiger charge is -2.22. The number of alkyl carbamates (subject to hydrolysis) is 1. The topological polar surface area (TPSA) is 75.6 Å². The lowest BCUT2D eigenvalue weighted by Crippen LogP contribution is -2.39. The van der Waals surface area contributed by atoms with Gasteiger partial charge in [0.15, 0.2) is 0 Å². The van der Waals surface area contributed by atoms with E-state index >= 15 is 0 Å². The van der Waals surface area contributed by atoms with Crippen LogP contribution >= 0.6 is 0 Å². The van der Waals surface area contributed by atoms with Crippen molar-refractivity contribution in [3.05, 3.63) is 47.5 Å². The molecule has 0 heterocycles. The van der Waals surface area contributed by atoms with E-state index in [4.69, 9.17) is 9.84 Å². The molecule has 0 bridgehead atoms. The summed E-state index contributed by atoms with van der Waals surface area (Å²) in [5.41, 5.74) is 0.572. The zero-order valence-electron chi connectivity index (χ0n) is 13.4. The van der Waals surface area contributed by atoms with E-state index in [1.54, 1.807) is 20.8 Å². The normalized spacial score (nSPS) is 13.4. The van der Waals surface area contributed by atoms with Crippen LogP contribution in [0.25, 0.3) is 0 Å². The minimum Gasteiger partial charge on any atom is -0.478 e. The Hall–Kier alpha value is -2.30. The molecule has 0 aliphatic rings. The Kier molecular flexibility index (Phi) is 6.16. The van der Waals surface area contributed by atoms with Crippen LogP contribution in [0.15, 0.2) is 42.0 Å². The maximum Gasteiger partial charge on any atom is 0.408 e. The first kappa shape index (κ1) is 17.8. The number of carbonyl (C=O) groups excluding carboxylic acids is 1. The number of rotatable bonds is 5. The van der Waals surface area contributed by atoms with Crippen LogP contribution in [0.2, 0.25) is 0 Å². The summed E-state index contributed by atoms with van der Waals surface area (Å²) in [7, 11) is 0. The maximum absolute atomic E-state index is 11.9. The Balaban J connectivity index is 2.85. The second kappa shape index (κ2) is 7.64. The largest absolute Gasteiger partial charge is 0.478 e. The van der Waals surface area contributed by atoms with E-state index in [1.165, 1.54) is 13.0 Å². The summed E-state index contributed by atoms with van der Waals surface area (Å²) in [6, 6.07) is 9.09. The Morgan fingerprint density at radius 3 is 2.36 bits per heavy atom. The minimum atomic E-state index is -1.01. The molecule has 1 atom stereocenters. The molecular formula is C17H23NO4. The van der Waals surface area contributed by atoms with Gasteiger partial charge in [0.1, 0.15) is 5.60 Å². The number of carbonyl (C=O) groups is 2. The van der Waals surface area contributed by atoms with Gasteiger partial charge in [0.2, 0.25) is 0 Å². The molecule has 0 spiro atoms. The molecule has 5 nitrogen and oxygen atoms in total. The lowest BCUT2D eigenvalue weighted by molar-refractivity contribution is -0.132. The molecule has 2 N–H and O–H groups in total. The summed E-state index contributed by atoms with van der Waals surface area (Å²) in [6.45, 7) is 6.82. The molecular weight excluding hydrogens is 282 g/mol. The molecule has 1 unspecified atom stereocenters. The first-order valence-electron chi connectivity index (χ1n) is 7.12. The van der Waals surface area contributed by atoms with Gasteiger partial charge in [0, 0.05) is 5.57 Å². The third kappa shape index (κ3) is 6.92. The van der Waals surface area contributed by atoms with Crippen molar-refractivity contribution >= 4 is 12.1 Å². The highest BCUT2D eigenvalue weighted by atomic mass is 16.6. The van der Waals surface area contributed by atoms with Gasteiger partial charge in [-0.15, -0.1) is 0 Å². The number of hydrogen-bond donors (Lipinski definition) is 2. The molecule has 0 aliphatic carbocycles. The fraction of sp³-hybridized carbons (Fsp3) is 0.412. The van der Waals surface area contributed by atoms with E-state index in [0.717, 1.165) is 5.56 Å². The Bertz CT molecular complexity index is 544. The average molecular weight is 305 g/mol. The van der Waals surface area contributed by atoms with Crippen molar-refractivity contribution in [2.45, 2.75) is 45.8 Å². The van der Waals surface area contributed by atoms with E-state index in [-0.39, 0.29) is 5.57 Å². The molecule has 22 heavy (non-hydrogen) atoms. The first-order chi connectivity index (χ1) is 10.2. The van der Waals surface area contributed by atoms with Gasteiger partial charge in [-0.1, -0.05) is 36.4 Å². The van der Waals surface area contributed by atoms with Crippen LogP contribution in [0.3, 0.4) is 0 Å². The van der Waals surface area contributed by atoms with E-state index in [9.17, 15) is 9.59 Å². The van der Waals surface area contributed by atoms with Gasteiger partial charge in [-0.25, -0.2) is 9.59 Å². The van der Waals surface area contributed by atoms with Gasteiger partial charge < -0.3 is 15.2 Å². The molecule has 0 radical (unpaired) electrons. The predicted molar refractivity (Wildman–Crippen MR) is 84.7 cm³/mol. The fourth-order valence-electron chi connectivity index (χ4n) is 1.85. The smallest absolute Gasteiger partial charge is 0.408 e. The minimum absolute atomic E-state index is 0.178. The number of benzene rings is 1. The van der Waals surface area contributed by atoms with Crippen molar-refractivity contribution in [1.82, 2.24) is 5.32 Å². The van der Waals surface area contributed by atoms with Crippen molar-refractivity contribution in [3.8, 4) is 0 Å². The molecule has 0 fully saturated rings. The highest BCUT2D eigenvalue weighted by molar-refractivity contribution is 5.86. The Morgan fingerprint density at radius 1 is 1.27 bits per heavy atom. The van der Waals surface area contributed by atoms with E-state index in [1.807, 2.05) is 30.3 Å². The first-order valence-corrected chi connectivity index (χ1v) is 7.12. The van der Waals surface area contributed by atoms with Crippen LogP contribution in [-0.4, -0.2) is 28.8 Å². The van der Waals surface area contributed by atoms with E-state index < -0.39 is 23.7 Å². The second-order valence-corrected chi connectivity index (χ2v) is 6.10. The van der Waals surface area contributed by atoms with Crippen LogP contribution in [-0.2, 0) is 16.0 Å². The molecule has 1 amide bonds. The van der Waals surface area contributed by atoms with Gasteiger partial charge in [-0.3, -0.25) is 0 Å². The molecule has 1 aromatic carbocycles. The van der Waals surface area contributed by atoms with Crippen LogP contribution in [0.5, 0.6) is 0 Å². The van der Waals surface area contributed by atoms with Crippen molar-refractivity contribution in [2.75, 3.05) is 0 Å². The van der Waals surface area contributed by atoms with Crippen LogP contribution in [0.1, 0.15) is 33.3 Å². The van der Waals surface area contributed by atoms with E-state index in [2.05, 4.69) is 5.32 Å². The average Bonchev–Trinajstić information content (AvgIpc) is 2.37. The number of amides is 1. The van der Waals surface area contributed by atoms with Crippen LogP contribution < -0.4 is 5.32 Å². The molecule has 1 rings (SSSR count). The van der Waals surface area contributed by atoms with Gasteiger partial charge >= 0.3 is 12.1 Å². The summed E-state index contributed by atoms with van der Waals surface area (Å²) in [5, 5.41) is 11.7.